The molecular weight excluding hydrogens is 279 g/mol. The second-order valence-corrected chi connectivity index (χ2v) is 5.20. The largest absolute Gasteiger partial charge is 0.405 e. The molecule has 1 aromatic carbocycles. The van der Waals surface area contributed by atoms with Crippen molar-refractivity contribution in [2.24, 2.45) is 5.73 Å². The molecule has 2 aromatic rings. The summed E-state index contributed by atoms with van der Waals surface area (Å²) < 4.78 is 38.4. The highest BCUT2D eigenvalue weighted by atomic mass is 19.4. The van der Waals surface area contributed by atoms with E-state index < -0.39 is 12.7 Å². The number of pyridine rings is 1. The number of hydrogen-bond donors (Lipinski definition) is 1. The molecular formula is C15H18F3N3. The number of para-hydroxylation sites is 1. The van der Waals surface area contributed by atoms with Crippen molar-refractivity contribution in [3.05, 3.63) is 35.9 Å². The van der Waals surface area contributed by atoms with Gasteiger partial charge in [0.15, 0.2) is 0 Å². The molecule has 0 saturated carbocycles. The smallest absolute Gasteiger partial charge is 0.345 e. The van der Waals surface area contributed by atoms with E-state index in [0.717, 1.165) is 5.39 Å². The van der Waals surface area contributed by atoms with E-state index in [0.29, 0.717) is 16.9 Å². The molecule has 6 heteroatoms. The van der Waals surface area contributed by atoms with Gasteiger partial charge in [0.2, 0.25) is 0 Å². The maximum absolute atomic E-state index is 12.8. The minimum atomic E-state index is -4.29. The molecule has 2 N–H and O–H groups in total. The summed E-state index contributed by atoms with van der Waals surface area (Å²) in [6.07, 6.45) is -4.29. The second kappa shape index (κ2) is 5.89. The summed E-state index contributed by atoms with van der Waals surface area (Å²) in [4.78, 5) is 5.64. The first-order valence-corrected chi connectivity index (χ1v) is 6.74. The number of hydrogen-bond acceptors (Lipinski definition) is 3. The van der Waals surface area contributed by atoms with Crippen LogP contribution in [-0.2, 0) is 6.54 Å². The van der Waals surface area contributed by atoms with Crippen molar-refractivity contribution in [3.8, 4) is 0 Å². The van der Waals surface area contributed by atoms with Crippen LogP contribution in [0.3, 0.4) is 0 Å². The van der Waals surface area contributed by atoms with Crippen molar-refractivity contribution >= 4 is 16.7 Å². The van der Waals surface area contributed by atoms with Crippen LogP contribution in [0.5, 0.6) is 0 Å². The lowest BCUT2D eigenvalue weighted by atomic mass is 10.1. The van der Waals surface area contributed by atoms with Gasteiger partial charge in [-0.1, -0.05) is 18.2 Å². The van der Waals surface area contributed by atoms with E-state index in [2.05, 4.69) is 4.98 Å². The quantitative estimate of drug-likeness (QED) is 0.939. The number of rotatable bonds is 4. The standard InChI is InChI=1S/C15H18F3N3/c1-10(2)21(9-15(16,17)18)14-12(8-19)7-11-5-3-4-6-13(11)20-14/h3-7,10H,8-9,19H2,1-2H3. The number of nitrogens with two attached hydrogens (primary N) is 1. The SMILES string of the molecule is CC(C)N(CC(F)(F)F)c1nc2ccccc2cc1CN. The molecule has 0 aliphatic carbocycles. The number of aromatic nitrogens is 1. The minimum Gasteiger partial charge on any atom is -0.345 e. The van der Waals surface area contributed by atoms with Crippen molar-refractivity contribution in [2.75, 3.05) is 11.4 Å². The summed E-state index contributed by atoms with van der Waals surface area (Å²) in [5, 5.41) is 0.873. The fourth-order valence-corrected chi connectivity index (χ4v) is 2.24. The number of halogens is 3. The Hall–Kier alpha value is -1.82. The molecule has 1 heterocycles. The summed E-state index contributed by atoms with van der Waals surface area (Å²) in [5.74, 6) is 0.309. The summed E-state index contributed by atoms with van der Waals surface area (Å²) in [6.45, 7) is 2.53. The van der Waals surface area contributed by atoms with Crippen LogP contribution < -0.4 is 10.6 Å². The third-order valence-corrected chi connectivity index (χ3v) is 3.24. The monoisotopic (exact) mass is 297 g/mol. The van der Waals surface area contributed by atoms with Gasteiger partial charge in [-0.15, -0.1) is 0 Å². The molecule has 21 heavy (non-hydrogen) atoms. The molecule has 1 aromatic heterocycles. The molecule has 0 bridgehead atoms. The zero-order chi connectivity index (χ0) is 15.6. The van der Waals surface area contributed by atoms with Crippen molar-refractivity contribution < 1.29 is 13.2 Å². The van der Waals surface area contributed by atoms with Gasteiger partial charge in [-0.05, 0) is 26.0 Å². The normalized spacial score (nSPS) is 12.1. The Morgan fingerprint density at radius 2 is 1.90 bits per heavy atom. The Balaban J connectivity index is 2.55. The van der Waals surface area contributed by atoms with E-state index in [9.17, 15) is 13.2 Å². The highest BCUT2D eigenvalue weighted by molar-refractivity contribution is 5.81. The van der Waals surface area contributed by atoms with E-state index in [1.807, 2.05) is 24.3 Å². The molecule has 114 valence electrons. The van der Waals surface area contributed by atoms with Gasteiger partial charge in [0.25, 0.3) is 0 Å². The Bertz CT molecular complexity index is 623. The maximum atomic E-state index is 12.8. The van der Waals surface area contributed by atoms with Crippen molar-refractivity contribution in [3.63, 3.8) is 0 Å². The van der Waals surface area contributed by atoms with Gasteiger partial charge < -0.3 is 10.6 Å². The minimum absolute atomic E-state index is 0.147. The fourth-order valence-electron chi connectivity index (χ4n) is 2.24. The molecule has 0 unspecified atom stereocenters. The molecule has 3 nitrogen and oxygen atoms in total. The van der Waals surface area contributed by atoms with E-state index >= 15 is 0 Å². The second-order valence-electron chi connectivity index (χ2n) is 5.20. The zero-order valence-corrected chi connectivity index (χ0v) is 12.0. The first-order chi connectivity index (χ1) is 9.81. The predicted octanol–water partition coefficient (Wildman–Crippen LogP) is 3.47. The number of anilines is 1. The van der Waals surface area contributed by atoms with Crippen molar-refractivity contribution in [1.29, 1.82) is 0 Å². The highest BCUT2D eigenvalue weighted by Gasteiger charge is 2.33. The van der Waals surface area contributed by atoms with Crippen LogP contribution in [-0.4, -0.2) is 23.7 Å². The van der Waals surface area contributed by atoms with Crippen molar-refractivity contribution in [2.45, 2.75) is 32.6 Å². The molecule has 0 atom stereocenters. The Morgan fingerprint density at radius 3 is 2.48 bits per heavy atom. The average Bonchev–Trinajstić information content (AvgIpc) is 2.42. The van der Waals surface area contributed by atoms with Crippen LogP contribution in [0.2, 0.25) is 0 Å². The summed E-state index contributed by atoms with van der Waals surface area (Å²) in [5.41, 5.74) is 6.98. The first kappa shape index (κ1) is 15.6. The average molecular weight is 297 g/mol. The van der Waals surface area contributed by atoms with E-state index in [1.54, 1.807) is 19.9 Å². The highest BCUT2D eigenvalue weighted by Crippen LogP contribution is 2.28. The lowest BCUT2D eigenvalue weighted by Gasteiger charge is -2.30. The molecule has 0 amide bonds. The maximum Gasteiger partial charge on any atom is 0.405 e. The Labute approximate surface area is 121 Å². The van der Waals surface area contributed by atoms with Crippen LogP contribution in [0.4, 0.5) is 19.0 Å². The summed E-state index contributed by atoms with van der Waals surface area (Å²) >= 11 is 0. The van der Waals surface area contributed by atoms with Gasteiger partial charge in [-0.3, -0.25) is 0 Å². The van der Waals surface area contributed by atoms with Gasteiger partial charge in [-0.25, -0.2) is 4.98 Å². The van der Waals surface area contributed by atoms with E-state index in [1.165, 1.54) is 4.90 Å². The van der Waals surface area contributed by atoms with Crippen LogP contribution >= 0.6 is 0 Å². The third-order valence-electron chi connectivity index (χ3n) is 3.24. The van der Waals surface area contributed by atoms with Crippen LogP contribution in [0.15, 0.2) is 30.3 Å². The summed E-state index contributed by atoms with van der Waals surface area (Å²) in [7, 11) is 0. The lowest BCUT2D eigenvalue weighted by molar-refractivity contribution is -0.120. The summed E-state index contributed by atoms with van der Waals surface area (Å²) in [6, 6.07) is 8.80. The molecule has 0 spiro atoms. The Kier molecular flexibility index (Phi) is 4.37. The molecule has 0 aliphatic heterocycles. The Morgan fingerprint density at radius 1 is 1.24 bits per heavy atom. The van der Waals surface area contributed by atoms with Crippen LogP contribution in [0.1, 0.15) is 19.4 Å². The third kappa shape index (κ3) is 3.64. The zero-order valence-electron chi connectivity index (χ0n) is 12.0. The van der Waals surface area contributed by atoms with Gasteiger partial charge in [-0.2, -0.15) is 13.2 Å². The van der Waals surface area contributed by atoms with Gasteiger partial charge in [0.05, 0.1) is 5.52 Å². The van der Waals surface area contributed by atoms with Crippen LogP contribution in [0.25, 0.3) is 10.9 Å². The lowest BCUT2D eigenvalue weighted by Crippen LogP contribution is -2.40. The van der Waals surface area contributed by atoms with Gasteiger partial charge in [0.1, 0.15) is 12.4 Å². The number of nitrogens with zero attached hydrogens (tertiary/aromatic N) is 2. The molecule has 0 aliphatic rings. The number of benzene rings is 1. The molecule has 0 radical (unpaired) electrons. The number of fused-ring (bicyclic) bond motifs is 1. The topological polar surface area (TPSA) is 42.2 Å². The van der Waals surface area contributed by atoms with Gasteiger partial charge in [0, 0.05) is 23.5 Å². The van der Waals surface area contributed by atoms with Crippen LogP contribution in [0, 0.1) is 0 Å². The molecule has 2 rings (SSSR count). The first-order valence-electron chi connectivity index (χ1n) is 6.74. The fraction of sp³-hybridized carbons (Fsp3) is 0.400. The van der Waals surface area contributed by atoms with Gasteiger partial charge >= 0.3 is 6.18 Å². The predicted molar refractivity (Wildman–Crippen MR) is 78.2 cm³/mol. The molecule has 0 fully saturated rings. The number of alkyl halides is 3. The van der Waals surface area contributed by atoms with E-state index in [-0.39, 0.29) is 12.6 Å². The van der Waals surface area contributed by atoms with E-state index in [4.69, 9.17) is 5.73 Å². The van der Waals surface area contributed by atoms with Crippen molar-refractivity contribution in [1.82, 2.24) is 4.98 Å². The molecule has 0 saturated heterocycles.